The van der Waals surface area contributed by atoms with Gasteiger partial charge in [0.1, 0.15) is 0 Å². The molecular formula is C14H21O2+. The Labute approximate surface area is 98.9 Å². The van der Waals surface area contributed by atoms with Gasteiger partial charge in [-0.25, -0.2) is 0 Å². The van der Waals surface area contributed by atoms with Crippen LogP contribution in [0.15, 0.2) is 23.3 Å². The summed E-state index contributed by atoms with van der Waals surface area (Å²) in [5, 5.41) is 0. The van der Waals surface area contributed by atoms with Crippen molar-refractivity contribution in [3.63, 3.8) is 0 Å². The molecule has 0 unspecified atom stereocenters. The van der Waals surface area contributed by atoms with E-state index in [1.165, 1.54) is 12.2 Å². The van der Waals surface area contributed by atoms with Crippen LogP contribution < -0.4 is 0 Å². The monoisotopic (exact) mass is 221 g/mol. The van der Waals surface area contributed by atoms with Crippen LogP contribution in [-0.2, 0) is 9.59 Å². The zero-order chi connectivity index (χ0) is 12.7. The highest BCUT2D eigenvalue weighted by Crippen LogP contribution is 2.36. The van der Waals surface area contributed by atoms with Gasteiger partial charge in [0.25, 0.3) is 0 Å². The third-order valence-corrected chi connectivity index (χ3v) is 2.68. The number of Topliss-reactive ketones (excluding diaryl/α,β-unsaturated/α-hetero) is 1. The lowest BCUT2D eigenvalue weighted by Gasteiger charge is -2.30. The van der Waals surface area contributed by atoms with Gasteiger partial charge in [-0.2, -0.15) is 0 Å². The lowest BCUT2D eigenvalue weighted by Crippen LogP contribution is -2.29. The van der Waals surface area contributed by atoms with E-state index in [1.54, 1.807) is 0 Å². The Kier molecular flexibility index (Phi) is 2.97. The van der Waals surface area contributed by atoms with E-state index < -0.39 is 0 Å². The molecule has 2 heteroatoms. The maximum absolute atomic E-state index is 12.3. The van der Waals surface area contributed by atoms with Crippen molar-refractivity contribution in [2.75, 3.05) is 0 Å². The Bertz CT molecular complexity index is 365. The third-order valence-electron chi connectivity index (χ3n) is 2.68. The van der Waals surface area contributed by atoms with E-state index in [-0.39, 0.29) is 23.8 Å². The van der Waals surface area contributed by atoms with Gasteiger partial charge in [-0.1, -0.05) is 41.5 Å². The normalized spacial score (nSPS) is 18.4. The first-order chi connectivity index (χ1) is 7.03. The standard InChI is InChI=1S/C14H20O2/c1-13(2,3)10-7-9(15)8-11(12(10)16)14(4,5)6/h7-8H,1-6H3/p+1. The summed E-state index contributed by atoms with van der Waals surface area (Å²) in [6.45, 7) is 11.7. The summed E-state index contributed by atoms with van der Waals surface area (Å²) in [6, 6.07) is 0. The summed E-state index contributed by atoms with van der Waals surface area (Å²) in [5.74, 6) is -0.0611. The quantitative estimate of drug-likeness (QED) is 0.589. The van der Waals surface area contributed by atoms with E-state index in [2.05, 4.69) is 0 Å². The minimum Gasteiger partial charge on any atom is -0.290 e. The van der Waals surface area contributed by atoms with Crippen LogP contribution >= 0.6 is 0 Å². The van der Waals surface area contributed by atoms with Crippen molar-refractivity contribution < 1.29 is 11.0 Å². The van der Waals surface area contributed by atoms with Crippen molar-refractivity contribution in [1.82, 2.24) is 0 Å². The Morgan fingerprint density at radius 1 is 0.812 bits per heavy atom. The number of hydrogen-bond donors (Lipinski definition) is 0. The van der Waals surface area contributed by atoms with Crippen LogP contribution in [-0.4, -0.2) is 11.6 Å². The Morgan fingerprint density at radius 3 is 1.38 bits per heavy atom. The van der Waals surface area contributed by atoms with Gasteiger partial charge >= 0.3 is 1.43 Å². The fraction of sp³-hybridized carbons (Fsp3) is 0.571. The highest BCUT2D eigenvalue weighted by molar-refractivity contribution is 6.21. The molecule has 0 aliphatic heterocycles. The van der Waals surface area contributed by atoms with Crippen molar-refractivity contribution >= 4 is 11.6 Å². The Morgan fingerprint density at radius 2 is 1.12 bits per heavy atom. The molecule has 0 saturated carbocycles. The third kappa shape index (κ3) is 2.49. The number of ketones is 2. The zero-order valence-electron chi connectivity index (χ0n) is 12.0. The van der Waals surface area contributed by atoms with Crippen molar-refractivity contribution in [2.45, 2.75) is 41.5 Å². The van der Waals surface area contributed by atoms with Crippen molar-refractivity contribution in [1.29, 1.82) is 0 Å². The van der Waals surface area contributed by atoms with E-state index in [0.717, 1.165) is 0 Å². The summed E-state index contributed by atoms with van der Waals surface area (Å²) in [5.41, 5.74) is 0.671. The summed E-state index contributed by atoms with van der Waals surface area (Å²) >= 11 is 0. The van der Waals surface area contributed by atoms with Crippen molar-refractivity contribution in [2.24, 2.45) is 10.8 Å². The van der Waals surface area contributed by atoms with E-state index in [9.17, 15) is 9.59 Å². The molecule has 88 valence electrons. The first kappa shape index (κ1) is 12.9. The number of allylic oxidation sites excluding steroid dienone is 4. The van der Waals surface area contributed by atoms with Crippen molar-refractivity contribution in [3.8, 4) is 0 Å². The molecule has 0 fully saturated rings. The molecule has 16 heavy (non-hydrogen) atoms. The number of carbonyl (C=O) groups excluding carboxylic acids is 2. The van der Waals surface area contributed by atoms with Crippen LogP contribution in [0.25, 0.3) is 0 Å². The van der Waals surface area contributed by atoms with Crippen LogP contribution in [0.4, 0.5) is 0 Å². The molecule has 0 amide bonds. The van der Waals surface area contributed by atoms with Gasteiger partial charge in [0, 0.05) is 11.1 Å². The summed E-state index contributed by atoms with van der Waals surface area (Å²) in [6.07, 6.45) is 2.94. The first-order valence-corrected chi connectivity index (χ1v) is 5.56. The maximum Gasteiger partial charge on any atom is 1.00 e. The highest BCUT2D eigenvalue weighted by Gasteiger charge is 2.34. The average Bonchev–Trinajstić information content (AvgIpc) is 2.04. The molecule has 0 spiro atoms. The smallest absolute Gasteiger partial charge is 0.290 e. The fourth-order valence-corrected chi connectivity index (χ4v) is 1.72. The van der Waals surface area contributed by atoms with Gasteiger partial charge in [0.2, 0.25) is 0 Å². The molecule has 1 rings (SSSR count). The Balaban J connectivity index is 0.00000256. The second kappa shape index (κ2) is 3.69. The molecule has 0 atom stereocenters. The zero-order valence-corrected chi connectivity index (χ0v) is 11.0. The summed E-state index contributed by atoms with van der Waals surface area (Å²) < 4.78 is 0. The van der Waals surface area contributed by atoms with Gasteiger partial charge in [-0.15, -0.1) is 0 Å². The molecule has 1 aliphatic carbocycles. The Hall–Kier alpha value is -1.18. The average molecular weight is 221 g/mol. The molecule has 0 radical (unpaired) electrons. The molecule has 0 N–H and O–H groups in total. The highest BCUT2D eigenvalue weighted by atomic mass is 16.1. The van der Waals surface area contributed by atoms with Crippen LogP contribution in [0, 0.1) is 10.8 Å². The van der Waals surface area contributed by atoms with Crippen LogP contribution in [0.1, 0.15) is 43.0 Å². The molecular weight excluding hydrogens is 200 g/mol. The summed E-state index contributed by atoms with van der Waals surface area (Å²) in [7, 11) is 0. The minimum atomic E-state index is -0.280. The van der Waals surface area contributed by atoms with Crippen LogP contribution in [0.3, 0.4) is 0 Å². The first-order valence-electron chi connectivity index (χ1n) is 5.56. The topological polar surface area (TPSA) is 34.1 Å². The largest absolute Gasteiger partial charge is 1.00 e. The predicted molar refractivity (Wildman–Crippen MR) is 66.2 cm³/mol. The number of carbonyl (C=O) groups is 2. The van der Waals surface area contributed by atoms with E-state index in [4.69, 9.17) is 0 Å². The van der Waals surface area contributed by atoms with E-state index in [1.807, 2.05) is 41.5 Å². The molecule has 0 aromatic carbocycles. The lowest BCUT2D eigenvalue weighted by atomic mass is 9.72. The number of hydrogen-bond acceptors (Lipinski definition) is 2. The predicted octanol–water partition coefficient (Wildman–Crippen LogP) is 3.20. The van der Waals surface area contributed by atoms with Gasteiger partial charge < -0.3 is 0 Å². The number of rotatable bonds is 0. The van der Waals surface area contributed by atoms with E-state index >= 15 is 0 Å². The van der Waals surface area contributed by atoms with Gasteiger partial charge in [0.05, 0.1) is 0 Å². The fourth-order valence-electron chi connectivity index (χ4n) is 1.72. The van der Waals surface area contributed by atoms with Gasteiger partial charge in [-0.05, 0) is 23.0 Å². The summed E-state index contributed by atoms with van der Waals surface area (Å²) in [4.78, 5) is 23.9. The molecule has 2 nitrogen and oxygen atoms in total. The molecule has 0 heterocycles. The van der Waals surface area contributed by atoms with Crippen LogP contribution in [0.2, 0.25) is 0 Å². The van der Waals surface area contributed by atoms with Gasteiger partial charge in [0.15, 0.2) is 11.6 Å². The van der Waals surface area contributed by atoms with Gasteiger partial charge in [-0.3, -0.25) is 9.59 Å². The SMILES string of the molecule is CC(C)(C)C1=CC(=O)C=C(C(C)(C)C)C1=O.[H+]. The molecule has 0 saturated heterocycles. The second-order valence-corrected chi connectivity index (χ2v) is 6.35. The lowest BCUT2D eigenvalue weighted by molar-refractivity contribution is -0.116. The van der Waals surface area contributed by atoms with E-state index in [0.29, 0.717) is 11.1 Å². The molecule has 0 bridgehead atoms. The molecule has 0 aromatic rings. The minimum absolute atomic E-state index is 0. The maximum atomic E-state index is 12.3. The molecule has 0 aromatic heterocycles. The second-order valence-electron chi connectivity index (χ2n) is 6.35. The van der Waals surface area contributed by atoms with Crippen molar-refractivity contribution in [3.05, 3.63) is 23.3 Å². The molecule has 1 aliphatic rings. The van der Waals surface area contributed by atoms with Crippen LogP contribution in [0.5, 0.6) is 0 Å².